The van der Waals surface area contributed by atoms with Crippen LogP contribution >= 0.6 is 0 Å². The molecule has 0 unspecified atom stereocenters. The van der Waals surface area contributed by atoms with Gasteiger partial charge in [0, 0.05) is 0 Å². The summed E-state index contributed by atoms with van der Waals surface area (Å²) < 4.78 is 41.7. The third-order valence-electron chi connectivity index (χ3n) is 1.73. The Labute approximate surface area is 87.7 Å². The molecular formula is C8H8F3N2O3+. The van der Waals surface area contributed by atoms with Gasteiger partial charge in [-0.3, -0.25) is 0 Å². The summed E-state index contributed by atoms with van der Waals surface area (Å²) >= 11 is 0. The summed E-state index contributed by atoms with van der Waals surface area (Å²) in [4.78, 5) is 13.9. The van der Waals surface area contributed by atoms with E-state index in [1.165, 1.54) is 0 Å². The lowest BCUT2D eigenvalue weighted by molar-refractivity contribution is -0.139. The number of methoxy groups -OCH3 is 1. The van der Waals surface area contributed by atoms with E-state index >= 15 is 0 Å². The fourth-order valence-corrected chi connectivity index (χ4v) is 1.05. The first-order valence-corrected chi connectivity index (χ1v) is 3.95. The highest BCUT2D eigenvalue weighted by Crippen LogP contribution is 2.36. The summed E-state index contributed by atoms with van der Waals surface area (Å²) in [6.07, 6.45) is -4.68. The molecule has 0 aliphatic heterocycles. The molecular weight excluding hydrogens is 229 g/mol. The maximum absolute atomic E-state index is 12.4. The molecule has 0 fully saturated rings. The Morgan fingerprint density at radius 3 is 2.50 bits per heavy atom. The van der Waals surface area contributed by atoms with Crippen molar-refractivity contribution in [1.29, 1.82) is 0 Å². The maximum Gasteiger partial charge on any atom is 0.570 e. The molecule has 0 spiro atoms. The number of ether oxygens (including phenoxy) is 1. The summed E-state index contributed by atoms with van der Waals surface area (Å²) in [5.41, 5.74) is 2.93. The van der Waals surface area contributed by atoms with E-state index in [1.54, 1.807) is 0 Å². The van der Waals surface area contributed by atoms with Crippen molar-refractivity contribution in [2.24, 2.45) is 0 Å². The monoisotopic (exact) mass is 237 g/mol. The molecule has 16 heavy (non-hydrogen) atoms. The first kappa shape index (κ1) is 12.1. The topological polar surface area (TPSA) is 88.1 Å². The second-order valence-electron chi connectivity index (χ2n) is 2.81. The first-order chi connectivity index (χ1) is 7.27. The van der Waals surface area contributed by atoms with Crippen LogP contribution < -0.4 is 10.5 Å². The van der Waals surface area contributed by atoms with Gasteiger partial charge in [-0.2, -0.15) is 18.2 Å². The van der Waals surface area contributed by atoms with Crippen LogP contribution in [0.5, 0.6) is 5.88 Å². The fraction of sp³-hybridized carbons (Fsp3) is 0.250. The number of aromatic nitrogens is 1. The van der Waals surface area contributed by atoms with E-state index in [0.29, 0.717) is 6.07 Å². The quantitative estimate of drug-likeness (QED) is 0.761. The average Bonchev–Trinajstić information content (AvgIpc) is 2.15. The van der Waals surface area contributed by atoms with E-state index in [4.69, 9.17) is 10.8 Å². The highest BCUT2D eigenvalue weighted by atomic mass is 19.4. The molecule has 0 aliphatic carbocycles. The Morgan fingerprint density at radius 1 is 1.56 bits per heavy atom. The molecule has 0 radical (unpaired) electrons. The summed E-state index contributed by atoms with van der Waals surface area (Å²) in [5, 5.41) is 6.74. The summed E-state index contributed by atoms with van der Waals surface area (Å²) in [6, 6.07) is 0.521. The van der Waals surface area contributed by atoms with Crippen molar-refractivity contribution >= 4 is 11.7 Å². The predicted molar refractivity (Wildman–Crippen MR) is 48.1 cm³/mol. The van der Waals surface area contributed by atoms with Crippen LogP contribution in [0.2, 0.25) is 0 Å². The van der Waals surface area contributed by atoms with E-state index in [-0.39, 0.29) is 0 Å². The Hall–Kier alpha value is -1.99. The fourth-order valence-electron chi connectivity index (χ4n) is 1.05. The zero-order valence-electron chi connectivity index (χ0n) is 8.05. The molecule has 0 aromatic carbocycles. The van der Waals surface area contributed by atoms with E-state index in [9.17, 15) is 18.0 Å². The minimum atomic E-state index is -4.68. The van der Waals surface area contributed by atoms with Gasteiger partial charge < -0.3 is 15.6 Å². The van der Waals surface area contributed by atoms with Crippen LogP contribution in [0.4, 0.5) is 18.9 Å². The van der Waals surface area contributed by atoms with Crippen LogP contribution in [0, 0.1) is 0 Å². The number of pyridine rings is 1. The molecule has 1 heterocycles. The van der Waals surface area contributed by atoms with Gasteiger partial charge in [0.05, 0.1) is 17.6 Å². The molecule has 88 valence electrons. The summed E-state index contributed by atoms with van der Waals surface area (Å²) in [5.74, 6) is -2.05. The number of nitrogens with two attached hydrogens (primary N) is 1. The number of anilines is 1. The molecule has 0 aliphatic rings. The van der Waals surface area contributed by atoms with Crippen LogP contribution in [0.1, 0.15) is 16.1 Å². The third kappa shape index (κ3) is 2.15. The Kier molecular flexibility index (Phi) is 2.92. The predicted octanol–water partition coefficient (Wildman–Crippen LogP) is 0.556. The average molecular weight is 237 g/mol. The van der Waals surface area contributed by atoms with Crippen LogP contribution in [0.3, 0.4) is 0 Å². The Bertz CT molecular complexity index is 431. The first-order valence-electron chi connectivity index (χ1n) is 3.95. The molecule has 0 saturated carbocycles. The number of rotatable bonds is 2. The molecule has 0 atom stereocenters. The van der Waals surface area contributed by atoms with Crippen molar-refractivity contribution in [2.45, 2.75) is 6.18 Å². The normalized spacial score (nSPS) is 11.2. The molecule has 0 amide bonds. The lowest BCUT2D eigenvalue weighted by atomic mass is 10.2. The molecule has 1 aromatic heterocycles. The minimum absolute atomic E-state index is 0.506. The highest BCUT2D eigenvalue weighted by Gasteiger charge is 2.37. The molecule has 0 bridgehead atoms. The summed E-state index contributed by atoms with van der Waals surface area (Å²) in [6.45, 7) is 0. The van der Waals surface area contributed by atoms with E-state index < -0.39 is 35.0 Å². The van der Waals surface area contributed by atoms with Crippen molar-refractivity contribution in [3.8, 4) is 5.88 Å². The van der Waals surface area contributed by atoms with E-state index in [2.05, 4.69) is 9.72 Å². The number of hydrogen-bond acceptors (Lipinski definition) is 4. The van der Waals surface area contributed by atoms with Crippen molar-refractivity contribution in [3.63, 3.8) is 0 Å². The summed E-state index contributed by atoms with van der Waals surface area (Å²) in [7, 11) is 0.978. The van der Waals surface area contributed by atoms with Gasteiger partial charge in [-0.1, -0.05) is 0 Å². The van der Waals surface area contributed by atoms with Crippen molar-refractivity contribution < 1.29 is 27.8 Å². The van der Waals surface area contributed by atoms with Crippen molar-refractivity contribution in [3.05, 3.63) is 17.3 Å². The zero-order chi connectivity index (χ0) is 12.5. The lowest BCUT2D eigenvalue weighted by Gasteiger charge is -2.11. The van der Waals surface area contributed by atoms with Gasteiger partial charge in [-0.25, -0.2) is 0 Å². The Morgan fingerprint density at radius 2 is 2.12 bits per heavy atom. The van der Waals surface area contributed by atoms with E-state index in [1.807, 2.05) is 0 Å². The van der Waals surface area contributed by atoms with Gasteiger partial charge in [-0.05, 0) is 6.07 Å². The van der Waals surface area contributed by atoms with Crippen molar-refractivity contribution in [2.75, 3.05) is 12.8 Å². The molecule has 8 heteroatoms. The molecule has 0 saturated heterocycles. The number of carbonyl (C=O) groups is 1. The molecule has 1 rings (SSSR count). The standard InChI is InChI=1S/C8H7F3N2O3/c1-16-6-3(8(9,10)11)2-4(12)5(13-6)7(14)15/h2H,12H2,1H3,(H,14,15)/p+1. The van der Waals surface area contributed by atoms with Crippen LogP contribution in [-0.4, -0.2) is 23.2 Å². The lowest BCUT2D eigenvalue weighted by Crippen LogP contribution is -2.14. The van der Waals surface area contributed by atoms with Gasteiger partial charge >= 0.3 is 12.1 Å². The second-order valence-corrected chi connectivity index (χ2v) is 2.81. The van der Waals surface area contributed by atoms with Gasteiger partial charge in [0.25, 0.3) is 0 Å². The highest BCUT2D eigenvalue weighted by molar-refractivity contribution is 5.91. The largest absolute Gasteiger partial charge is 0.570 e. The van der Waals surface area contributed by atoms with Crippen LogP contribution in [-0.2, 0) is 6.18 Å². The van der Waals surface area contributed by atoms with Crippen molar-refractivity contribution in [1.82, 2.24) is 4.98 Å². The van der Waals surface area contributed by atoms with Crippen LogP contribution in [0.15, 0.2) is 6.07 Å². The molecule has 1 aromatic rings. The smallest absolute Gasteiger partial charge is 0.560 e. The Balaban J connectivity index is 3.44. The third-order valence-corrected chi connectivity index (χ3v) is 1.73. The molecule has 5 nitrogen and oxygen atoms in total. The molecule has 4 N–H and O–H groups in total. The zero-order valence-corrected chi connectivity index (χ0v) is 8.05. The van der Waals surface area contributed by atoms with Gasteiger partial charge in [0.1, 0.15) is 5.56 Å². The maximum atomic E-state index is 12.4. The number of halogens is 3. The number of nitrogen functional groups attached to an aromatic ring is 1. The van der Waals surface area contributed by atoms with Gasteiger partial charge in [-0.15, -0.1) is 0 Å². The second kappa shape index (κ2) is 3.87. The SMILES string of the molecule is COc1nc(C(=O)[OH2+])c(N)cc1C(F)(F)F. The van der Waals surface area contributed by atoms with Gasteiger partial charge in [0.2, 0.25) is 11.6 Å². The van der Waals surface area contributed by atoms with Gasteiger partial charge in [0.15, 0.2) is 0 Å². The number of hydrogen-bond donors (Lipinski definition) is 1. The number of nitrogens with zero attached hydrogens (tertiary/aromatic N) is 1. The minimum Gasteiger partial charge on any atom is -0.560 e. The number of alkyl halides is 3. The van der Waals surface area contributed by atoms with Crippen LogP contribution in [0.25, 0.3) is 0 Å². The number of carbonyl (C=O) groups excluding carboxylic acids is 1. The van der Waals surface area contributed by atoms with E-state index in [0.717, 1.165) is 7.11 Å².